The van der Waals surface area contributed by atoms with Gasteiger partial charge in [-0.15, -0.1) is 11.8 Å². The van der Waals surface area contributed by atoms with Crippen LogP contribution >= 0.6 is 27.7 Å². The highest BCUT2D eigenvalue weighted by atomic mass is 79.9. The van der Waals surface area contributed by atoms with Crippen molar-refractivity contribution in [1.29, 1.82) is 0 Å². The number of hydrogen-bond donors (Lipinski definition) is 0. The van der Waals surface area contributed by atoms with Crippen molar-refractivity contribution >= 4 is 27.7 Å². The molecule has 0 aromatic carbocycles. The molecule has 0 aliphatic heterocycles. The minimum atomic E-state index is 0.793. The van der Waals surface area contributed by atoms with Crippen molar-refractivity contribution in [2.24, 2.45) is 0 Å². The lowest BCUT2D eigenvalue weighted by Gasteiger charge is -2.09. The van der Waals surface area contributed by atoms with E-state index in [1.807, 2.05) is 18.0 Å². The first-order valence-electron chi connectivity index (χ1n) is 5.04. The first-order chi connectivity index (χ1) is 6.75. The molecular weight excluding hydrogens is 258 g/mol. The van der Waals surface area contributed by atoms with E-state index in [2.05, 4.69) is 33.9 Å². The molecule has 0 bridgehead atoms. The molecule has 0 N–H and O–H groups in total. The summed E-state index contributed by atoms with van der Waals surface area (Å²) in [5.74, 6) is 0. The highest BCUT2D eigenvalue weighted by Crippen LogP contribution is 2.36. The Bertz CT molecular complexity index is 321. The third kappa shape index (κ3) is 2.51. The van der Waals surface area contributed by atoms with E-state index in [-0.39, 0.29) is 0 Å². The Morgan fingerprint density at radius 2 is 2.14 bits per heavy atom. The molecule has 1 aromatic rings. The molecule has 0 radical (unpaired) electrons. The first kappa shape index (κ1) is 10.5. The van der Waals surface area contributed by atoms with Crippen molar-refractivity contribution in [3.63, 3.8) is 0 Å². The van der Waals surface area contributed by atoms with E-state index in [9.17, 15) is 0 Å². The predicted molar refractivity (Wildman–Crippen MR) is 64.8 cm³/mol. The van der Waals surface area contributed by atoms with Gasteiger partial charge in [0.25, 0.3) is 0 Å². The Hall–Kier alpha value is -0.0200. The molecule has 3 heteroatoms. The summed E-state index contributed by atoms with van der Waals surface area (Å²) in [6.07, 6.45) is 7.43. The fourth-order valence-corrected chi connectivity index (χ4v) is 3.69. The Morgan fingerprint density at radius 1 is 1.43 bits per heavy atom. The van der Waals surface area contributed by atoms with E-state index in [1.54, 1.807) is 0 Å². The van der Waals surface area contributed by atoms with Gasteiger partial charge in [-0.3, -0.25) is 0 Å². The van der Waals surface area contributed by atoms with Gasteiger partial charge in [0, 0.05) is 11.4 Å². The molecule has 1 aliphatic rings. The van der Waals surface area contributed by atoms with Crippen molar-refractivity contribution in [3.8, 4) is 0 Å². The van der Waals surface area contributed by atoms with Crippen LogP contribution in [0.2, 0.25) is 0 Å². The van der Waals surface area contributed by atoms with E-state index in [1.165, 1.54) is 31.2 Å². The fourth-order valence-electron chi connectivity index (χ4n) is 1.77. The van der Waals surface area contributed by atoms with Crippen LogP contribution in [0.1, 0.15) is 31.2 Å². The molecule has 1 aromatic heterocycles. The zero-order valence-electron chi connectivity index (χ0n) is 8.29. The van der Waals surface area contributed by atoms with Crippen LogP contribution in [-0.4, -0.2) is 10.2 Å². The topological polar surface area (TPSA) is 12.9 Å². The van der Waals surface area contributed by atoms with Gasteiger partial charge in [-0.1, -0.05) is 12.8 Å². The molecule has 14 heavy (non-hydrogen) atoms. The van der Waals surface area contributed by atoms with Crippen LogP contribution in [0.3, 0.4) is 0 Å². The quantitative estimate of drug-likeness (QED) is 0.800. The normalized spacial score (nSPS) is 17.6. The summed E-state index contributed by atoms with van der Waals surface area (Å²) in [6, 6.07) is 2.14. The van der Waals surface area contributed by atoms with Gasteiger partial charge in [-0.05, 0) is 47.3 Å². The van der Waals surface area contributed by atoms with Crippen molar-refractivity contribution in [1.82, 2.24) is 4.98 Å². The Labute approximate surface area is 97.8 Å². The molecule has 1 aliphatic carbocycles. The van der Waals surface area contributed by atoms with E-state index < -0.39 is 0 Å². The van der Waals surface area contributed by atoms with Gasteiger partial charge < -0.3 is 0 Å². The fraction of sp³-hybridized carbons (Fsp3) is 0.545. The van der Waals surface area contributed by atoms with Gasteiger partial charge in [0.05, 0.1) is 4.47 Å². The molecule has 0 amide bonds. The Kier molecular flexibility index (Phi) is 3.50. The van der Waals surface area contributed by atoms with E-state index in [0.717, 1.165) is 14.7 Å². The standard InChI is InChI=1S/C11H14BrNS/c1-8-6-10(12)11(13-7-8)14-9-4-2-3-5-9/h6-7,9H,2-5H2,1H3. The maximum Gasteiger partial charge on any atom is 0.110 e. The van der Waals surface area contributed by atoms with Crippen LogP contribution in [-0.2, 0) is 0 Å². The lowest BCUT2D eigenvalue weighted by atomic mass is 10.3. The molecule has 0 unspecified atom stereocenters. The van der Waals surface area contributed by atoms with Crippen LogP contribution in [0.4, 0.5) is 0 Å². The molecular formula is C11H14BrNS. The molecule has 76 valence electrons. The van der Waals surface area contributed by atoms with Gasteiger partial charge in [0.1, 0.15) is 5.03 Å². The largest absolute Gasteiger partial charge is 0.248 e. The molecule has 0 saturated heterocycles. The molecule has 0 spiro atoms. The van der Waals surface area contributed by atoms with Crippen molar-refractivity contribution < 1.29 is 0 Å². The van der Waals surface area contributed by atoms with E-state index in [4.69, 9.17) is 0 Å². The summed E-state index contributed by atoms with van der Waals surface area (Å²) in [5.41, 5.74) is 1.22. The number of nitrogens with zero attached hydrogens (tertiary/aromatic N) is 1. The van der Waals surface area contributed by atoms with E-state index in [0.29, 0.717) is 0 Å². The Balaban J connectivity index is 2.08. The molecule has 2 rings (SSSR count). The summed E-state index contributed by atoms with van der Waals surface area (Å²) in [6.45, 7) is 2.07. The summed E-state index contributed by atoms with van der Waals surface area (Å²) in [5, 5.41) is 1.95. The van der Waals surface area contributed by atoms with Crippen LogP contribution in [0.15, 0.2) is 21.8 Å². The first-order valence-corrected chi connectivity index (χ1v) is 6.72. The lowest BCUT2D eigenvalue weighted by molar-refractivity contribution is 0.886. The highest BCUT2D eigenvalue weighted by Gasteiger charge is 2.17. The number of hydrogen-bond acceptors (Lipinski definition) is 2. The smallest absolute Gasteiger partial charge is 0.110 e. The van der Waals surface area contributed by atoms with Gasteiger partial charge in [0.15, 0.2) is 0 Å². The minimum absolute atomic E-state index is 0.793. The second-order valence-corrected chi connectivity index (χ2v) is 5.97. The summed E-state index contributed by atoms with van der Waals surface area (Å²) < 4.78 is 1.15. The van der Waals surface area contributed by atoms with Gasteiger partial charge in [0.2, 0.25) is 0 Å². The minimum Gasteiger partial charge on any atom is -0.248 e. The van der Waals surface area contributed by atoms with Gasteiger partial charge in [-0.25, -0.2) is 4.98 Å². The van der Waals surface area contributed by atoms with Crippen LogP contribution in [0, 0.1) is 6.92 Å². The second kappa shape index (κ2) is 4.67. The number of aryl methyl sites for hydroxylation is 1. The maximum atomic E-state index is 4.46. The summed E-state index contributed by atoms with van der Waals surface area (Å²) in [7, 11) is 0. The molecule has 1 heterocycles. The highest BCUT2D eigenvalue weighted by molar-refractivity contribution is 9.10. The van der Waals surface area contributed by atoms with Crippen LogP contribution < -0.4 is 0 Å². The third-order valence-corrected chi connectivity index (χ3v) is 4.74. The predicted octanol–water partition coefficient (Wildman–Crippen LogP) is 4.19. The zero-order chi connectivity index (χ0) is 9.97. The molecule has 1 saturated carbocycles. The third-order valence-electron chi connectivity index (χ3n) is 2.52. The van der Waals surface area contributed by atoms with Gasteiger partial charge in [-0.2, -0.15) is 0 Å². The summed E-state index contributed by atoms with van der Waals surface area (Å²) in [4.78, 5) is 4.46. The number of rotatable bonds is 2. The number of aromatic nitrogens is 1. The van der Waals surface area contributed by atoms with Crippen molar-refractivity contribution in [2.75, 3.05) is 0 Å². The van der Waals surface area contributed by atoms with E-state index >= 15 is 0 Å². The number of thioether (sulfide) groups is 1. The average molecular weight is 272 g/mol. The molecule has 0 atom stereocenters. The monoisotopic (exact) mass is 271 g/mol. The van der Waals surface area contributed by atoms with Crippen molar-refractivity contribution in [2.45, 2.75) is 42.9 Å². The lowest BCUT2D eigenvalue weighted by Crippen LogP contribution is -1.95. The maximum absolute atomic E-state index is 4.46. The van der Waals surface area contributed by atoms with Crippen molar-refractivity contribution in [3.05, 3.63) is 22.3 Å². The molecule has 1 nitrogen and oxygen atoms in total. The van der Waals surface area contributed by atoms with Crippen LogP contribution in [0.5, 0.6) is 0 Å². The SMILES string of the molecule is Cc1cnc(SC2CCCC2)c(Br)c1. The second-order valence-electron chi connectivity index (χ2n) is 3.82. The van der Waals surface area contributed by atoms with Crippen LogP contribution in [0.25, 0.3) is 0 Å². The summed E-state index contributed by atoms with van der Waals surface area (Å²) >= 11 is 5.50. The number of pyridine rings is 1. The van der Waals surface area contributed by atoms with Gasteiger partial charge >= 0.3 is 0 Å². The average Bonchev–Trinajstić information content (AvgIpc) is 2.62. The number of halogens is 1. The molecule has 1 fully saturated rings. The Morgan fingerprint density at radius 3 is 2.79 bits per heavy atom. The zero-order valence-corrected chi connectivity index (χ0v) is 10.7.